The van der Waals surface area contributed by atoms with Gasteiger partial charge in [-0.05, 0) is 30.7 Å². The second-order valence-electron chi connectivity index (χ2n) is 4.99. The van der Waals surface area contributed by atoms with Crippen LogP contribution in [0.3, 0.4) is 0 Å². The zero-order chi connectivity index (χ0) is 16.1. The molecule has 0 unspecified atom stereocenters. The van der Waals surface area contributed by atoms with E-state index in [9.17, 15) is 9.18 Å². The monoisotopic (exact) mass is 310 g/mol. The summed E-state index contributed by atoms with van der Waals surface area (Å²) in [5, 5.41) is 6.82. The fourth-order valence-electron chi connectivity index (χ4n) is 2.17. The second kappa shape index (κ2) is 6.83. The number of carbonyl (C=O) groups excluding carboxylic acids is 1. The highest BCUT2D eigenvalue weighted by molar-refractivity contribution is 5.90. The van der Waals surface area contributed by atoms with E-state index in [0.29, 0.717) is 24.2 Å². The predicted molar refractivity (Wildman–Crippen MR) is 84.7 cm³/mol. The van der Waals surface area contributed by atoms with Crippen LogP contribution in [0.4, 0.5) is 10.1 Å². The number of hydrogen-bond donors (Lipinski definition) is 1. The number of rotatable bonds is 5. The number of nitrogens with one attached hydrogen (secondary N) is 1. The fraction of sp³-hybridized carbons (Fsp3) is 0.118. The van der Waals surface area contributed by atoms with Gasteiger partial charge in [-0.3, -0.25) is 9.78 Å². The van der Waals surface area contributed by atoms with E-state index in [1.165, 1.54) is 16.9 Å². The Hall–Kier alpha value is -3.02. The van der Waals surface area contributed by atoms with Crippen molar-refractivity contribution in [2.45, 2.75) is 12.8 Å². The minimum atomic E-state index is -0.372. The summed E-state index contributed by atoms with van der Waals surface area (Å²) in [6, 6.07) is 11.9. The summed E-state index contributed by atoms with van der Waals surface area (Å²) in [4.78, 5) is 16.1. The van der Waals surface area contributed by atoms with Crippen molar-refractivity contribution < 1.29 is 9.18 Å². The Balaban J connectivity index is 1.61. The second-order valence-corrected chi connectivity index (χ2v) is 4.99. The van der Waals surface area contributed by atoms with E-state index >= 15 is 0 Å². The molecule has 116 valence electrons. The van der Waals surface area contributed by atoms with Crippen LogP contribution in [0.25, 0.3) is 5.69 Å². The van der Waals surface area contributed by atoms with Crippen LogP contribution in [-0.4, -0.2) is 20.7 Å². The van der Waals surface area contributed by atoms with E-state index in [0.717, 1.165) is 5.69 Å². The quantitative estimate of drug-likeness (QED) is 0.788. The molecule has 3 rings (SSSR count). The average molecular weight is 310 g/mol. The molecule has 0 atom stereocenters. The van der Waals surface area contributed by atoms with Crippen LogP contribution < -0.4 is 5.32 Å². The lowest BCUT2D eigenvalue weighted by Crippen LogP contribution is -2.12. The number of anilines is 1. The highest BCUT2D eigenvalue weighted by atomic mass is 19.1. The van der Waals surface area contributed by atoms with Crippen molar-refractivity contribution in [1.82, 2.24) is 14.8 Å². The van der Waals surface area contributed by atoms with Gasteiger partial charge < -0.3 is 5.32 Å². The number of aromatic nitrogens is 3. The number of nitrogens with zero attached hydrogens (tertiary/aromatic N) is 3. The lowest BCUT2D eigenvalue weighted by molar-refractivity contribution is -0.116. The van der Waals surface area contributed by atoms with Gasteiger partial charge in [0.2, 0.25) is 5.91 Å². The molecule has 1 N–H and O–H groups in total. The number of carbonyl (C=O) groups is 1. The van der Waals surface area contributed by atoms with Crippen LogP contribution >= 0.6 is 0 Å². The molecule has 0 saturated heterocycles. The van der Waals surface area contributed by atoms with Gasteiger partial charge in [0.15, 0.2) is 0 Å². The molecule has 2 aromatic heterocycles. The number of aryl methyl sites for hydroxylation is 1. The first-order valence-electron chi connectivity index (χ1n) is 7.22. The summed E-state index contributed by atoms with van der Waals surface area (Å²) in [6.07, 6.45) is 5.66. The lowest BCUT2D eigenvalue weighted by Gasteiger charge is -2.03. The van der Waals surface area contributed by atoms with E-state index in [4.69, 9.17) is 0 Å². The fourth-order valence-corrected chi connectivity index (χ4v) is 2.17. The minimum absolute atomic E-state index is 0.135. The highest BCUT2D eigenvalue weighted by Gasteiger charge is 2.08. The number of para-hydroxylation sites is 1. The van der Waals surface area contributed by atoms with E-state index in [1.807, 2.05) is 18.2 Å². The van der Waals surface area contributed by atoms with Gasteiger partial charge in [-0.1, -0.05) is 18.2 Å². The van der Waals surface area contributed by atoms with Crippen molar-refractivity contribution in [3.63, 3.8) is 0 Å². The van der Waals surface area contributed by atoms with Crippen molar-refractivity contribution in [3.05, 3.63) is 72.6 Å². The molecule has 0 saturated carbocycles. The average Bonchev–Trinajstić information content (AvgIpc) is 3.02. The van der Waals surface area contributed by atoms with Crippen LogP contribution in [0.15, 0.2) is 61.1 Å². The molecular weight excluding hydrogens is 295 g/mol. The van der Waals surface area contributed by atoms with Crippen molar-refractivity contribution in [3.8, 4) is 5.69 Å². The first kappa shape index (κ1) is 14.9. The van der Waals surface area contributed by atoms with Crippen LogP contribution in [0.5, 0.6) is 0 Å². The minimum Gasteiger partial charge on any atom is -0.323 e. The molecule has 0 aliphatic rings. The molecule has 6 heteroatoms. The predicted octanol–water partition coefficient (Wildman–Crippen LogP) is 2.98. The summed E-state index contributed by atoms with van der Waals surface area (Å²) in [5.74, 6) is -0.507. The van der Waals surface area contributed by atoms with Crippen LogP contribution in [0.2, 0.25) is 0 Å². The molecule has 23 heavy (non-hydrogen) atoms. The molecule has 0 aliphatic heterocycles. The smallest absolute Gasteiger partial charge is 0.224 e. The third-order valence-electron chi connectivity index (χ3n) is 3.30. The molecule has 0 aliphatic carbocycles. The Labute approximate surface area is 132 Å². The molecule has 0 radical (unpaired) electrons. The molecular formula is C17H15FN4O. The lowest BCUT2D eigenvalue weighted by atomic mass is 10.2. The van der Waals surface area contributed by atoms with Crippen LogP contribution in [0, 0.1) is 5.82 Å². The third kappa shape index (κ3) is 3.79. The molecule has 0 bridgehead atoms. The number of halogens is 1. The zero-order valence-corrected chi connectivity index (χ0v) is 12.3. The van der Waals surface area contributed by atoms with Crippen molar-refractivity contribution in [2.75, 3.05) is 5.32 Å². The Morgan fingerprint density at radius 1 is 1.17 bits per heavy atom. The van der Waals surface area contributed by atoms with Crippen molar-refractivity contribution in [1.29, 1.82) is 0 Å². The van der Waals surface area contributed by atoms with Crippen molar-refractivity contribution in [2.24, 2.45) is 0 Å². The van der Waals surface area contributed by atoms with Gasteiger partial charge in [-0.2, -0.15) is 5.10 Å². The van der Waals surface area contributed by atoms with E-state index in [1.54, 1.807) is 30.6 Å². The summed E-state index contributed by atoms with van der Waals surface area (Å²) < 4.78 is 15.1. The highest BCUT2D eigenvalue weighted by Crippen LogP contribution is 2.15. The van der Waals surface area contributed by atoms with Gasteiger partial charge in [-0.25, -0.2) is 9.07 Å². The topological polar surface area (TPSA) is 59.8 Å². The Morgan fingerprint density at radius 2 is 2.00 bits per heavy atom. The molecule has 3 aromatic rings. The molecule has 1 aromatic carbocycles. The van der Waals surface area contributed by atoms with E-state index in [-0.39, 0.29) is 11.7 Å². The van der Waals surface area contributed by atoms with Gasteiger partial charge >= 0.3 is 0 Å². The number of amides is 1. The number of pyridine rings is 1. The standard InChI is InChI=1S/C17H15FN4O/c18-15-6-1-2-7-16(15)22-12-14(11-20-22)21-17(23)9-8-13-5-3-4-10-19-13/h1-7,10-12H,8-9H2,(H,21,23). The van der Waals surface area contributed by atoms with Gasteiger partial charge in [0.25, 0.3) is 0 Å². The van der Waals surface area contributed by atoms with Crippen LogP contribution in [0.1, 0.15) is 12.1 Å². The summed E-state index contributed by atoms with van der Waals surface area (Å²) in [7, 11) is 0. The third-order valence-corrected chi connectivity index (χ3v) is 3.30. The first-order valence-corrected chi connectivity index (χ1v) is 7.22. The normalized spacial score (nSPS) is 10.5. The first-order chi connectivity index (χ1) is 11.2. The summed E-state index contributed by atoms with van der Waals surface area (Å²) >= 11 is 0. The van der Waals surface area contributed by atoms with Gasteiger partial charge in [0.05, 0.1) is 18.1 Å². The molecule has 5 nitrogen and oxygen atoms in total. The number of hydrogen-bond acceptors (Lipinski definition) is 3. The van der Waals surface area contributed by atoms with Crippen molar-refractivity contribution >= 4 is 11.6 Å². The maximum absolute atomic E-state index is 13.7. The van der Waals surface area contributed by atoms with Gasteiger partial charge in [-0.15, -0.1) is 0 Å². The Bertz CT molecular complexity index is 801. The molecule has 0 spiro atoms. The van der Waals surface area contributed by atoms with Gasteiger partial charge in [0.1, 0.15) is 11.5 Å². The van der Waals surface area contributed by atoms with Gasteiger partial charge in [0, 0.05) is 18.3 Å². The van der Waals surface area contributed by atoms with E-state index in [2.05, 4.69) is 15.4 Å². The summed E-state index contributed by atoms with van der Waals surface area (Å²) in [5.41, 5.74) is 1.73. The maximum Gasteiger partial charge on any atom is 0.224 e. The molecule has 1 amide bonds. The number of benzene rings is 1. The molecule has 2 heterocycles. The Morgan fingerprint density at radius 3 is 2.78 bits per heavy atom. The van der Waals surface area contributed by atoms with Crippen LogP contribution in [-0.2, 0) is 11.2 Å². The largest absolute Gasteiger partial charge is 0.323 e. The summed E-state index contributed by atoms with van der Waals surface area (Å²) in [6.45, 7) is 0. The SMILES string of the molecule is O=C(CCc1ccccn1)Nc1cnn(-c2ccccc2F)c1. The maximum atomic E-state index is 13.7. The zero-order valence-electron chi connectivity index (χ0n) is 12.3. The Kier molecular flexibility index (Phi) is 4.42. The van der Waals surface area contributed by atoms with E-state index < -0.39 is 0 Å². The molecule has 0 fully saturated rings.